The minimum Gasteiger partial charge on any atom is -0.481 e. The first-order chi connectivity index (χ1) is 12.3. The minimum absolute atomic E-state index is 0.110. The molecule has 1 aromatic carbocycles. The van der Waals surface area contributed by atoms with Crippen LogP contribution >= 0.6 is 0 Å². The van der Waals surface area contributed by atoms with Gasteiger partial charge in [-0.3, -0.25) is 9.59 Å². The van der Waals surface area contributed by atoms with Gasteiger partial charge < -0.3 is 10.0 Å². The number of carboxylic acids is 1. The standard InChI is InChI=1S/C19H24N4O3/c1-11(2)14-7-5-6-8-16(14)23-13(4)20-17(21-23)18(24)22-10-9-15(12(22)3)19(25)26/h5-8,11-12,15H,9-10H2,1-4H3,(H,25,26). The number of aryl methyl sites for hydroxylation is 1. The van der Waals surface area contributed by atoms with Crippen LogP contribution in [-0.4, -0.2) is 49.2 Å². The summed E-state index contributed by atoms with van der Waals surface area (Å²) in [5, 5.41) is 13.7. The molecule has 1 aromatic heterocycles. The highest BCUT2D eigenvalue weighted by Gasteiger charge is 2.39. The summed E-state index contributed by atoms with van der Waals surface area (Å²) in [5.74, 6) is -0.673. The largest absolute Gasteiger partial charge is 0.481 e. The fourth-order valence-corrected chi connectivity index (χ4v) is 3.56. The van der Waals surface area contributed by atoms with Gasteiger partial charge in [0.1, 0.15) is 5.82 Å². The van der Waals surface area contributed by atoms with Gasteiger partial charge in [0, 0.05) is 12.6 Å². The Balaban J connectivity index is 1.92. The second-order valence-electron chi connectivity index (χ2n) is 7.08. The average molecular weight is 356 g/mol. The molecule has 1 amide bonds. The molecule has 2 aromatic rings. The maximum absolute atomic E-state index is 12.8. The van der Waals surface area contributed by atoms with E-state index in [0.29, 0.717) is 24.7 Å². The zero-order chi connectivity index (χ0) is 19.0. The molecule has 3 rings (SSSR count). The number of rotatable bonds is 4. The van der Waals surface area contributed by atoms with Crippen molar-refractivity contribution in [2.24, 2.45) is 5.92 Å². The maximum atomic E-state index is 12.8. The fraction of sp³-hybridized carbons (Fsp3) is 0.474. The Morgan fingerprint density at radius 1 is 1.27 bits per heavy atom. The van der Waals surface area contributed by atoms with E-state index in [1.165, 1.54) is 0 Å². The third-order valence-corrected chi connectivity index (χ3v) is 5.08. The molecule has 138 valence electrons. The Morgan fingerprint density at radius 3 is 2.58 bits per heavy atom. The summed E-state index contributed by atoms with van der Waals surface area (Å²) in [7, 11) is 0. The predicted octanol–water partition coefficient (Wildman–Crippen LogP) is 2.63. The molecule has 1 saturated heterocycles. The molecule has 1 N–H and O–H groups in total. The molecular formula is C19H24N4O3. The highest BCUT2D eigenvalue weighted by molar-refractivity contribution is 5.91. The van der Waals surface area contributed by atoms with E-state index in [1.54, 1.807) is 16.5 Å². The van der Waals surface area contributed by atoms with E-state index in [1.807, 2.05) is 31.2 Å². The average Bonchev–Trinajstić information content (AvgIpc) is 3.17. The molecule has 0 radical (unpaired) electrons. The number of likely N-dealkylation sites (tertiary alicyclic amines) is 1. The lowest BCUT2D eigenvalue weighted by Gasteiger charge is -2.21. The summed E-state index contributed by atoms with van der Waals surface area (Å²) in [5.41, 5.74) is 2.03. The lowest BCUT2D eigenvalue weighted by Crippen LogP contribution is -2.38. The van der Waals surface area contributed by atoms with Gasteiger partial charge in [0.25, 0.3) is 5.91 Å². The molecule has 1 fully saturated rings. The Morgan fingerprint density at radius 2 is 1.96 bits per heavy atom. The van der Waals surface area contributed by atoms with Crippen LogP contribution in [0.3, 0.4) is 0 Å². The number of aromatic nitrogens is 3. The highest BCUT2D eigenvalue weighted by atomic mass is 16.4. The Bertz CT molecular complexity index is 843. The Kier molecular flexibility index (Phi) is 4.80. The first-order valence-corrected chi connectivity index (χ1v) is 8.88. The topological polar surface area (TPSA) is 88.3 Å². The van der Waals surface area contributed by atoms with E-state index in [-0.39, 0.29) is 17.8 Å². The van der Waals surface area contributed by atoms with Gasteiger partial charge in [-0.05, 0) is 37.8 Å². The molecule has 2 heterocycles. The zero-order valence-electron chi connectivity index (χ0n) is 15.5. The van der Waals surface area contributed by atoms with Crippen molar-refractivity contribution in [2.45, 2.75) is 46.1 Å². The van der Waals surface area contributed by atoms with Crippen molar-refractivity contribution in [3.8, 4) is 5.69 Å². The van der Waals surface area contributed by atoms with Crippen LogP contribution in [0.2, 0.25) is 0 Å². The zero-order valence-corrected chi connectivity index (χ0v) is 15.5. The summed E-state index contributed by atoms with van der Waals surface area (Å²) >= 11 is 0. The monoisotopic (exact) mass is 356 g/mol. The molecule has 1 aliphatic rings. The van der Waals surface area contributed by atoms with Crippen LogP contribution in [0.4, 0.5) is 0 Å². The lowest BCUT2D eigenvalue weighted by molar-refractivity contribution is -0.142. The van der Waals surface area contributed by atoms with E-state index in [2.05, 4.69) is 23.9 Å². The van der Waals surface area contributed by atoms with Crippen LogP contribution in [0.5, 0.6) is 0 Å². The van der Waals surface area contributed by atoms with Crippen molar-refractivity contribution in [1.29, 1.82) is 0 Å². The molecule has 0 bridgehead atoms. The SMILES string of the molecule is Cc1nc(C(=O)N2CCC(C(=O)O)C2C)nn1-c1ccccc1C(C)C. The Hall–Kier alpha value is -2.70. The van der Waals surface area contributed by atoms with Crippen molar-refractivity contribution in [3.05, 3.63) is 41.5 Å². The van der Waals surface area contributed by atoms with E-state index in [9.17, 15) is 14.7 Å². The highest BCUT2D eigenvalue weighted by Crippen LogP contribution is 2.27. The molecule has 0 spiro atoms. The number of nitrogens with zero attached hydrogens (tertiary/aromatic N) is 4. The van der Waals surface area contributed by atoms with Gasteiger partial charge in [-0.15, -0.1) is 5.10 Å². The molecule has 7 heteroatoms. The van der Waals surface area contributed by atoms with Gasteiger partial charge in [-0.1, -0.05) is 32.0 Å². The minimum atomic E-state index is -0.867. The number of carboxylic acid groups (broad SMARTS) is 1. The Labute approximate surface area is 152 Å². The number of carbonyl (C=O) groups is 2. The molecule has 2 atom stereocenters. The van der Waals surface area contributed by atoms with E-state index in [0.717, 1.165) is 11.3 Å². The number of hydrogen-bond acceptors (Lipinski definition) is 4. The quantitative estimate of drug-likeness (QED) is 0.910. The number of benzene rings is 1. The van der Waals surface area contributed by atoms with Gasteiger partial charge in [0.15, 0.2) is 0 Å². The summed E-state index contributed by atoms with van der Waals surface area (Å²) in [6.45, 7) is 8.20. The van der Waals surface area contributed by atoms with Gasteiger partial charge in [-0.2, -0.15) is 0 Å². The first kappa shape index (κ1) is 18.1. The summed E-state index contributed by atoms with van der Waals surface area (Å²) < 4.78 is 1.69. The maximum Gasteiger partial charge on any atom is 0.308 e. The second kappa shape index (κ2) is 6.90. The van der Waals surface area contributed by atoms with Crippen LogP contribution in [0.15, 0.2) is 24.3 Å². The molecular weight excluding hydrogens is 332 g/mol. The van der Waals surface area contributed by atoms with Crippen LogP contribution in [0.25, 0.3) is 5.69 Å². The molecule has 0 aliphatic carbocycles. The van der Waals surface area contributed by atoms with Crippen molar-refractivity contribution >= 4 is 11.9 Å². The molecule has 26 heavy (non-hydrogen) atoms. The van der Waals surface area contributed by atoms with Crippen LogP contribution in [0, 0.1) is 12.8 Å². The third kappa shape index (κ3) is 3.09. The van der Waals surface area contributed by atoms with Gasteiger partial charge >= 0.3 is 5.97 Å². The summed E-state index contributed by atoms with van der Waals surface area (Å²) in [4.78, 5) is 30.0. The number of aliphatic carboxylic acids is 1. The van der Waals surface area contributed by atoms with Crippen molar-refractivity contribution in [2.75, 3.05) is 6.54 Å². The number of hydrogen-bond donors (Lipinski definition) is 1. The van der Waals surface area contributed by atoms with Gasteiger partial charge in [-0.25, -0.2) is 9.67 Å². The predicted molar refractivity (Wildman–Crippen MR) is 96.4 cm³/mol. The summed E-state index contributed by atoms with van der Waals surface area (Å²) in [6, 6.07) is 7.56. The molecule has 2 unspecified atom stereocenters. The number of carbonyl (C=O) groups excluding carboxylic acids is 1. The van der Waals surface area contributed by atoms with E-state index in [4.69, 9.17) is 0 Å². The van der Waals surface area contributed by atoms with Crippen LogP contribution in [-0.2, 0) is 4.79 Å². The van der Waals surface area contributed by atoms with Crippen LogP contribution in [0.1, 0.15) is 55.1 Å². The van der Waals surface area contributed by atoms with Crippen molar-refractivity contribution in [3.63, 3.8) is 0 Å². The smallest absolute Gasteiger partial charge is 0.308 e. The number of amides is 1. The van der Waals surface area contributed by atoms with Crippen molar-refractivity contribution in [1.82, 2.24) is 19.7 Å². The normalized spacial score (nSPS) is 20.0. The third-order valence-electron chi connectivity index (χ3n) is 5.08. The first-order valence-electron chi connectivity index (χ1n) is 8.88. The number of para-hydroxylation sites is 1. The lowest BCUT2D eigenvalue weighted by atomic mass is 10.0. The van der Waals surface area contributed by atoms with E-state index < -0.39 is 11.9 Å². The fourth-order valence-electron chi connectivity index (χ4n) is 3.56. The summed E-state index contributed by atoms with van der Waals surface area (Å²) in [6.07, 6.45) is 0.456. The van der Waals surface area contributed by atoms with Crippen molar-refractivity contribution < 1.29 is 14.7 Å². The van der Waals surface area contributed by atoms with Crippen LogP contribution < -0.4 is 0 Å². The molecule has 0 saturated carbocycles. The van der Waals surface area contributed by atoms with Gasteiger partial charge in [0.2, 0.25) is 5.82 Å². The molecule has 1 aliphatic heterocycles. The second-order valence-corrected chi connectivity index (χ2v) is 7.08. The van der Waals surface area contributed by atoms with E-state index >= 15 is 0 Å². The molecule has 7 nitrogen and oxygen atoms in total. The van der Waals surface area contributed by atoms with Gasteiger partial charge in [0.05, 0.1) is 11.6 Å².